The van der Waals surface area contributed by atoms with Crippen molar-refractivity contribution in [2.24, 2.45) is 22.1 Å². The molecule has 3 atom stereocenters. The molecule has 0 spiro atoms. The van der Waals surface area contributed by atoms with Gasteiger partial charge in [0, 0.05) is 23.7 Å². The number of carbonyl (C=O) groups is 2. The Kier molecular flexibility index (Phi) is 6.99. The van der Waals surface area contributed by atoms with Gasteiger partial charge in [0.2, 0.25) is 0 Å². The third-order valence-corrected chi connectivity index (χ3v) is 9.16. The van der Waals surface area contributed by atoms with E-state index in [-0.39, 0.29) is 28.6 Å². The van der Waals surface area contributed by atoms with Crippen LogP contribution in [0.3, 0.4) is 0 Å². The van der Waals surface area contributed by atoms with Crippen LogP contribution in [0.1, 0.15) is 87.1 Å². The van der Waals surface area contributed by atoms with E-state index in [1.54, 1.807) is 18.2 Å². The average Bonchev–Trinajstić information content (AvgIpc) is 3.66. The van der Waals surface area contributed by atoms with Crippen molar-refractivity contribution in [2.45, 2.75) is 89.4 Å². The number of hydrogen-bond donors (Lipinski definition) is 3. The van der Waals surface area contributed by atoms with Gasteiger partial charge in [-0.25, -0.2) is 0 Å². The van der Waals surface area contributed by atoms with E-state index < -0.39 is 29.4 Å². The summed E-state index contributed by atoms with van der Waals surface area (Å²) in [6.45, 7) is 5.04. The molecule has 3 unspecified atom stereocenters. The van der Waals surface area contributed by atoms with E-state index >= 15 is 0 Å². The molecule has 1 amide bonds. The maximum atomic E-state index is 14.2. The van der Waals surface area contributed by atoms with E-state index in [1.165, 1.54) is 12.8 Å². The minimum atomic E-state index is -4.80. The van der Waals surface area contributed by atoms with Crippen LogP contribution in [0.15, 0.2) is 57.8 Å². The molecule has 1 heterocycles. The number of halogens is 3. The number of Topliss-reactive ketones (excluding diaryl/α,β-unsaturated/α-hetero) is 1. The number of nitrogens with zero attached hydrogens (tertiary/aromatic N) is 1. The quantitative estimate of drug-likeness (QED) is 0.371. The standard InChI is InChI=1S/C32H37F3N4O2/c1-31(2)12-11-23-21(15-31)27-28(39-23)20(14-22(29(27)40)32(33,34)35)18-9-10-19(30(36)41)26(13-18)38-25-6-4-3-5-24(25)37-16-17-7-8-17/h9-11,13-14,17,20,24-25,37-38H,3-8,12,15-16H2,1-2H3,(H2,36,41). The van der Waals surface area contributed by atoms with E-state index in [0.717, 1.165) is 50.6 Å². The number of hydrogen-bond acceptors (Lipinski definition) is 5. The second-order valence-corrected chi connectivity index (χ2v) is 13.0. The van der Waals surface area contributed by atoms with Crippen LogP contribution in [0.4, 0.5) is 18.9 Å². The van der Waals surface area contributed by atoms with E-state index in [9.17, 15) is 22.8 Å². The van der Waals surface area contributed by atoms with Crippen molar-refractivity contribution in [1.29, 1.82) is 0 Å². The largest absolute Gasteiger partial charge is 0.419 e. The van der Waals surface area contributed by atoms with Crippen LogP contribution in [-0.4, -0.2) is 42.2 Å². The fraction of sp³-hybridized carbons (Fsp3) is 0.531. The number of aliphatic imine (C=N–C) groups is 1. The molecule has 41 heavy (non-hydrogen) atoms. The van der Waals surface area contributed by atoms with E-state index in [0.29, 0.717) is 34.7 Å². The Hall–Kier alpha value is -3.20. The molecular formula is C32H37F3N4O2. The van der Waals surface area contributed by atoms with Gasteiger partial charge in [0.25, 0.3) is 5.91 Å². The number of ketones is 1. The van der Waals surface area contributed by atoms with E-state index in [1.807, 2.05) is 19.9 Å². The van der Waals surface area contributed by atoms with Crippen LogP contribution >= 0.6 is 0 Å². The van der Waals surface area contributed by atoms with Gasteiger partial charge in [-0.15, -0.1) is 0 Å². The normalized spacial score (nSPS) is 27.5. The van der Waals surface area contributed by atoms with Gasteiger partial charge in [0.05, 0.1) is 22.5 Å². The summed E-state index contributed by atoms with van der Waals surface area (Å²) in [5.41, 5.74) is 7.33. The van der Waals surface area contributed by atoms with Gasteiger partial charge in [-0.05, 0) is 79.7 Å². The van der Waals surface area contributed by atoms with Crippen molar-refractivity contribution in [1.82, 2.24) is 5.32 Å². The van der Waals surface area contributed by atoms with Gasteiger partial charge in [-0.2, -0.15) is 13.2 Å². The van der Waals surface area contributed by atoms with Crippen LogP contribution in [0.25, 0.3) is 0 Å². The Morgan fingerprint density at radius 3 is 2.54 bits per heavy atom. The second-order valence-electron chi connectivity index (χ2n) is 13.0. The lowest BCUT2D eigenvalue weighted by Gasteiger charge is -2.34. The van der Waals surface area contributed by atoms with Gasteiger partial charge in [0.1, 0.15) is 5.57 Å². The second kappa shape index (κ2) is 10.3. The maximum absolute atomic E-state index is 14.2. The van der Waals surface area contributed by atoms with Gasteiger partial charge in [0.15, 0.2) is 5.78 Å². The van der Waals surface area contributed by atoms with Crippen molar-refractivity contribution < 1.29 is 22.8 Å². The third-order valence-electron chi connectivity index (χ3n) is 9.16. The molecule has 4 N–H and O–H groups in total. The number of anilines is 1. The summed E-state index contributed by atoms with van der Waals surface area (Å²) < 4.78 is 42.6. The van der Waals surface area contributed by atoms with Gasteiger partial charge in [-0.3, -0.25) is 14.6 Å². The molecule has 218 valence electrons. The predicted molar refractivity (Wildman–Crippen MR) is 153 cm³/mol. The molecule has 1 aromatic rings. The zero-order valence-corrected chi connectivity index (χ0v) is 23.5. The van der Waals surface area contributed by atoms with Crippen molar-refractivity contribution in [2.75, 3.05) is 11.9 Å². The van der Waals surface area contributed by atoms with E-state index in [2.05, 4.69) is 10.6 Å². The molecule has 2 saturated carbocycles. The van der Waals surface area contributed by atoms with Crippen molar-refractivity contribution in [3.05, 3.63) is 63.9 Å². The van der Waals surface area contributed by atoms with Crippen molar-refractivity contribution >= 4 is 23.1 Å². The number of carbonyl (C=O) groups excluding carboxylic acids is 2. The topological polar surface area (TPSA) is 96.6 Å². The van der Waals surface area contributed by atoms with Crippen LogP contribution in [0.5, 0.6) is 0 Å². The predicted octanol–water partition coefficient (Wildman–Crippen LogP) is 6.12. The Balaban J connectivity index is 1.40. The Labute approximate surface area is 238 Å². The first-order valence-electron chi connectivity index (χ1n) is 14.7. The van der Waals surface area contributed by atoms with Crippen LogP contribution < -0.4 is 16.4 Å². The Morgan fingerprint density at radius 2 is 1.85 bits per heavy atom. The summed E-state index contributed by atoms with van der Waals surface area (Å²) in [4.78, 5) is 30.4. The molecular weight excluding hydrogens is 529 g/mol. The lowest BCUT2D eigenvalue weighted by atomic mass is 9.73. The minimum absolute atomic E-state index is 0.0572. The molecule has 1 aromatic carbocycles. The summed E-state index contributed by atoms with van der Waals surface area (Å²) in [5.74, 6) is -1.78. The highest BCUT2D eigenvalue weighted by atomic mass is 19.4. The highest BCUT2D eigenvalue weighted by Gasteiger charge is 2.48. The van der Waals surface area contributed by atoms with Gasteiger partial charge >= 0.3 is 6.18 Å². The highest BCUT2D eigenvalue weighted by molar-refractivity contribution is 6.34. The minimum Gasteiger partial charge on any atom is -0.380 e. The number of allylic oxidation sites excluding steroid dienone is 5. The molecule has 6 nitrogen and oxygen atoms in total. The summed E-state index contributed by atoms with van der Waals surface area (Å²) in [6.07, 6.45) is 5.92. The molecule has 9 heteroatoms. The first-order chi connectivity index (χ1) is 19.4. The highest BCUT2D eigenvalue weighted by Crippen LogP contribution is 2.49. The molecule has 0 bridgehead atoms. The number of amides is 1. The van der Waals surface area contributed by atoms with E-state index in [4.69, 9.17) is 10.7 Å². The molecule has 1 aliphatic heterocycles. The monoisotopic (exact) mass is 566 g/mol. The molecule has 6 rings (SSSR count). The van der Waals surface area contributed by atoms with Gasteiger partial charge in [-0.1, -0.05) is 44.9 Å². The molecule has 5 aliphatic rings. The van der Waals surface area contributed by atoms with Crippen molar-refractivity contribution in [3.8, 4) is 0 Å². The van der Waals surface area contributed by atoms with Gasteiger partial charge < -0.3 is 16.4 Å². The average molecular weight is 567 g/mol. The van der Waals surface area contributed by atoms with Crippen LogP contribution in [0, 0.1) is 11.3 Å². The number of rotatable bonds is 7. The zero-order chi connectivity index (χ0) is 29.1. The van der Waals surface area contributed by atoms with Crippen LogP contribution in [-0.2, 0) is 4.79 Å². The molecule has 4 aliphatic carbocycles. The fourth-order valence-electron chi connectivity index (χ4n) is 6.70. The number of primary amides is 1. The number of benzene rings is 1. The van der Waals surface area contributed by atoms with Crippen LogP contribution in [0.2, 0.25) is 0 Å². The number of nitrogens with one attached hydrogen (secondary N) is 2. The lowest BCUT2D eigenvalue weighted by Crippen LogP contribution is -2.47. The summed E-state index contributed by atoms with van der Waals surface area (Å²) in [6, 6.07) is 5.21. The molecule has 2 fully saturated rings. The number of alkyl halides is 3. The fourth-order valence-corrected chi connectivity index (χ4v) is 6.70. The summed E-state index contributed by atoms with van der Waals surface area (Å²) in [5, 5.41) is 7.23. The number of fused-ring (bicyclic) bond motifs is 2. The number of nitrogens with two attached hydrogens (primary N) is 1. The Morgan fingerprint density at radius 1 is 1.12 bits per heavy atom. The lowest BCUT2D eigenvalue weighted by molar-refractivity contribution is -0.125. The molecule has 0 saturated heterocycles. The summed E-state index contributed by atoms with van der Waals surface area (Å²) >= 11 is 0. The van der Waals surface area contributed by atoms with Crippen molar-refractivity contribution in [3.63, 3.8) is 0 Å². The first kappa shape index (κ1) is 27.9. The summed E-state index contributed by atoms with van der Waals surface area (Å²) in [7, 11) is 0. The first-order valence-corrected chi connectivity index (χ1v) is 14.7. The Bertz CT molecular complexity index is 1410. The smallest absolute Gasteiger partial charge is 0.380 e. The third kappa shape index (κ3) is 5.53. The molecule has 0 radical (unpaired) electrons. The molecule has 0 aromatic heterocycles. The SMILES string of the molecule is CC1(C)CC=C2N=C3C(=C2C1)C(=O)C(C(F)(F)F)=CC3c1ccc(C(N)=O)c(NC2CCCCC2NCC2CC2)c1. The maximum Gasteiger partial charge on any atom is 0.419 e. The zero-order valence-electron chi connectivity index (χ0n) is 23.5.